The van der Waals surface area contributed by atoms with Gasteiger partial charge in [0.2, 0.25) is 0 Å². The molecule has 0 saturated carbocycles. The first-order valence-corrected chi connectivity index (χ1v) is 7.12. The zero-order valence-electron chi connectivity index (χ0n) is 12.4. The van der Waals surface area contributed by atoms with Crippen LogP contribution in [0.2, 0.25) is 5.02 Å². The second-order valence-electron chi connectivity index (χ2n) is 5.02. The second-order valence-corrected chi connectivity index (χ2v) is 5.46. The van der Waals surface area contributed by atoms with Crippen molar-refractivity contribution in [3.63, 3.8) is 0 Å². The molecule has 114 valence electrons. The molecule has 0 spiro atoms. The van der Waals surface area contributed by atoms with Crippen LogP contribution in [-0.4, -0.2) is 21.9 Å². The standard InChI is InChI=1S/C14H20ClN5O/c1-9(2)20-14(17-8-18-20)7-12(19-16)11-6-10(15)4-5-13(11)21-3/h4-6,8-9,12,19H,7,16H2,1-3H3. The number of rotatable bonds is 6. The SMILES string of the molecule is COc1ccc(Cl)cc1C(Cc1ncnn1C(C)C)NN. The van der Waals surface area contributed by atoms with Crippen LogP contribution in [0.25, 0.3) is 0 Å². The number of benzene rings is 1. The van der Waals surface area contributed by atoms with Crippen LogP contribution in [0.5, 0.6) is 5.75 Å². The Kier molecular flexibility index (Phi) is 5.17. The third-order valence-corrected chi connectivity index (χ3v) is 3.53. The molecule has 0 radical (unpaired) electrons. The molecule has 0 bridgehead atoms. The van der Waals surface area contributed by atoms with E-state index >= 15 is 0 Å². The van der Waals surface area contributed by atoms with E-state index in [4.69, 9.17) is 22.2 Å². The third-order valence-electron chi connectivity index (χ3n) is 3.29. The summed E-state index contributed by atoms with van der Waals surface area (Å²) in [6, 6.07) is 5.53. The van der Waals surface area contributed by atoms with Crippen LogP contribution in [0.15, 0.2) is 24.5 Å². The first-order chi connectivity index (χ1) is 10.1. The van der Waals surface area contributed by atoms with Crippen molar-refractivity contribution >= 4 is 11.6 Å². The van der Waals surface area contributed by atoms with E-state index in [2.05, 4.69) is 29.4 Å². The zero-order chi connectivity index (χ0) is 15.4. The lowest BCUT2D eigenvalue weighted by Gasteiger charge is -2.20. The highest BCUT2D eigenvalue weighted by molar-refractivity contribution is 6.30. The summed E-state index contributed by atoms with van der Waals surface area (Å²) in [6.45, 7) is 4.12. The Morgan fingerprint density at radius 3 is 2.81 bits per heavy atom. The van der Waals surface area contributed by atoms with Gasteiger partial charge >= 0.3 is 0 Å². The predicted molar refractivity (Wildman–Crippen MR) is 82.2 cm³/mol. The van der Waals surface area contributed by atoms with Crippen LogP contribution < -0.4 is 16.0 Å². The van der Waals surface area contributed by atoms with Crippen LogP contribution in [0.4, 0.5) is 0 Å². The molecule has 3 N–H and O–H groups in total. The summed E-state index contributed by atoms with van der Waals surface area (Å²) in [5, 5.41) is 4.87. The number of hydrazine groups is 1. The molecule has 6 nitrogen and oxygen atoms in total. The zero-order valence-corrected chi connectivity index (χ0v) is 13.1. The summed E-state index contributed by atoms with van der Waals surface area (Å²) in [7, 11) is 1.62. The van der Waals surface area contributed by atoms with Gasteiger partial charge < -0.3 is 4.74 Å². The van der Waals surface area contributed by atoms with E-state index in [9.17, 15) is 0 Å². The molecule has 2 rings (SSSR count). The molecule has 0 fully saturated rings. The monoisotopic (exact) mass is 309 g/mol. The molecule has 1 heterocycles. The summed E-state index contributed by atoms with van der Waals surface area (Å²) in [4.78, 5) is 4.31. The number of nitrogens with one attached hydrogen (secondary N) is 1. The van der Waals surface area contributed by atoms with Crippen LogP contribution in [-0.2, 0) is 6.42 Å². The van der Waals surface area contributed by atoms with Crippen LogP contribution >= 0.6 is 11.6 Å². The quantitative estimate of drug-likeness (QED) is 0.632. The molecular formula is C14H20ClN5O. The van der Waals surface area contributed by atoms with Gasteiger partial charge in [0.15, 0.2) is 0 Å². The van der Waals surface area contributed by atoms with Crippen molar-refractivity contribution < 1.29 is 4.74 Å². The molecule has 0 aliphatic rings. The van der Waals surface area contributed by atoms with Crippen molar-refractivity contribution in [2.45, 2.75) is 32.4 Å². The van der Waals surface area contributed by atoms with Gasteiger partial charge in [-0.2, -0.15) is 5.10 Å². The lowest BCUT2D eigenvalue weighted by Crippen LogP contribution is -2.31. The van der Waals surface area contributed by atoms with Gasteiger partial charge in [0.1, 0.15) is 17.9 Å². The van der Waals surface area contributed by atoms with Gasteiger partial charge in [0, 0.05) is 23.0 Å². The maximum Gasteiger partial charge on any atom is 0.138 e. The predicted octanol–water partition coefficient (Wildman–Crippen LogP) is 2.27. The average Bonchev–Trinajstić information content (AvgIpc) is 2.93. The van der Waals surface area contributed by atoms with Crippen molar-refractivity contribution in [3.8, 4) is 5.75 Å². The fourth-order valence-electron chi connectivity index (χ4n) is 2.27. The average molecular weight is 310 g/mol. The number of methoxy groups -OCH3 is 1. The van der Waals surface area contributed by atoms with Crippen molar-refractivity contribution in [1.29, 1.82) is 0 Å². The van der Waals surface area contributed by atoms with E-state index in [1.807, 2.05) is 16.8 Å². The Labute approximate surface area is 129 Å². The smallest absolute Gasteiger partial charge is 0.138 e. The van der Waals surface area contributed by atoms with Gasteiger partial charge in [-0.15, -0.1) is 0 Å². The van der Waals surface area contributed by atoms with Crippen molar-refractivity contribution in [3.05, 3.63) is 40.9 Å². The second kappa shape index (κ2) is 6.89. The van der Waals surface area contributed by atoms with Gasteiger partial charge in [-0.05, 0) is 32.0 Å². The Morgan fingerprint density at radius 2 is 2.19 bits per heavy atom. The molecule has 1 aromatic heterocycles. The summed E-state index contributed by atoms with van der Waals surface area (Å²) in [5.41, 5.74) is 3.70. The molecule has 0 aliphatic heterocycles. The fourth-order valence-corrected chi connectivity index (χ4v) is 2.45. The molecule has 7 heteroatoms. The van der Waals surface area contributed by atoms with E-state index in [1.165, 1.54) is 0 Å². The van der Waals surface area contributed by atoms with Crippen LogP contribution in [0.1, 0.15) is 37.3 Å². The molecule has 0 saturated heterocycles. The van der Waals surface area contributed by atoms with Crippen molar-refractivity contribution in [1.82, 2.24) is 20.2 Å². The molecule has 21 heavy (non-hydrogen) atoms. The minimum Gasteiger partial charge on any atom is -0.496 e. The summed E-state index contributed by atoms with van der Waals surface area (Å²) < 4.78 is 7.26. The molecular weight excluding hydrogens is 290 g/mol. The number of aromatic nitrogens is 3. The Bertz CT molecular complexity index is 599. The van der Waals surface area contributed by atoms with Crippen molar-refractivity contribution in [2.75, 3.05) is 7.11 Å². The Balaban J connectivity index is 2.32. The summed E-state index contributed by atoms with van der Waals surface area (Å²) in [6.07, 6.45) is 2.14. The highest BCUT2D eigenvalue weighted by Gasteiger charge is 2.19. The Morgan fingerprint density at radius 1 is 1.43 bits per heavy atom. The summed E-state index contributed by atoms with van der Waals surface area (Å²) in [5.74, 6) is 7.31. The lowest BCUT2D eigenvalue weighted by atomic mass is 10.0. The van der Waals surface area contributed by atoms with E-state index in [0.29, 0.717) is 11.4 Å². The molecule has 1 atom stereocenters. The van der Waals surface area contributed by atoms with Gasteiger partial charge in [0.05, 0.1) is 13.2 Å². The maximum atomic E-state index is 6.08. The minimum atomic E-state index is -0.166. The fraction of sp³-hybridized carbons (Fsp3) is 0.429. The van der Waals surface area contributed by atoms with E-state index in [1.54, 1.807) is 19.5 Å². The first-order valence-electron chi connectivity index (χ1n) is 6.74. The molecule has 0 aliphatic carbocycles. The van der Waals surface area contributed by atoms with E-state index < -0.39 is 0 Å². The molecule has 1 aromatic carbocycles. The lowest BCUT2D eigenvalue weighted by molar-refractivity contribution is 0.395. The summed E-state index contributed by atoms with van der Waals surface area (Å²) >= 11 is 6.08. The van der Waals surface area contributed by atoms with Gasteiger partial charge in [-0.25, -0.2) is 9.67 Å². The van der Waals surface area contributed by atoms with Gasteiger partial charge in [-0.3, -0.25) is 11.3 Å². The Hall–Kier alpha value is -1.63. The number of hydrogen-bond acceptors (Lipinski definition) is 5. The molecule has 0 amide bonds. The maximum absolute atomic E-state index is 6.08. The number of nitrogens with zero attached hydrogens (tertiary/aromatic N) is 3. The van der Waals surface area contributed by atoms with Gasteiger partial charge in [0.25, 0.3) is 0 Å². The van der Waals surface area contributed by atoms with Crippen LogP contribution in [0.3, 0.4) is 0 Å². The van der Waals surface area contributed by atoms with Crippen molar-refractivity contribution in [2.24, 2.45) is 5.84 Å². The number of nitrogens with two attached hydrogens (primary N) is 1. The number of halogens is 1. The highest BCUT2D eigenvalue weighted by atomic mass is 35.5. The minimum absolute atomic E-state index is 0.166. The van der Waals surface area contributed by atoms with Gasteiger partial charge in [-0.1, -0.05) is 11.6 Å². The first kappa shape index (κ1) is 15.8. The van der Waals surface area contributed by atoms with E-state index in [-0.39, 0.29) is 12.1 Å². The number of hydrogen-bond donors (Lipinski definition) is 2. The normalized spacial score (nSPS) is 12.7. The molecule has 1 unspecified atom stereocenters. The van der Waals surface area contributed by atoms with Crippen LogP contribution in [0, 0.1) is 0 Å². The highest BCUT2D eigenvalue weighted by Crippen LogP contribution is 2.29. The van der Waals surface area contributed by atoms with E-state index in [0.717, 1.165) is 17.1 Å². The topological polar surface area (TPSA) is 78.0 Å². The third kappa shape index (κ3) is 3.53. The number of ether oxygens (including phenoxy) is 1. The largest absolute Gasteiger partial charge is 0.496 e. The molecule has 2 aromatic rings.